The molecule has 7 heteroatoms. The molecule has 7 aromatic rings. The van der Waals surface area contributed by atoms with E-state index in [1.165, 1.54) is 33.5 Å². The van der Waals surface area contributed by atoms with Crippen LogP contribution in [0.5, 0.6) is 0 Å². The minimum Gasteiger partial charge on any atom is -0.486 e. The van der Waals surface area contributed by atoms with Crippen molar-refractivity contribution in [2.24, 2.45) is 0 Å². The Kier molecular flexibility index (Phi) is 9.78. The van der Waals surface area contributed by atoms with Gasteiger partial charge in [0.05, 0.1) is 19.9 Å². The van der Waals surface area contributed by atoms with E-state index in [1.54, 1.807) is 6.20 Å². The first-order valence-electron chi connectivity index (χ1n) is 15.0. The second-order valence-electron chi connectivity index (χ2n) is 12.4. The van der Waals surface area contributed by atoms with E-state index in [1.807, 2.05) is 48.7 Å². The average Bonchev–Trinajstić information content (AvgIpc) is 3.39. The van der Waals surface area contributed by atoms with E-state index in [9.17, 15) is 4.39 Å². The van der Waals surface area contributed by atoms with E-state index in [0.717, 1.165) is 39.7 Å². The standard InChI is InChI=1S/C25H18FN2O.C14H16NSi.Ir/c1-14-9-15(2)23(16(3)10-14)17-7-8-27-22(11-17)20-6-4-5-19-21-12-18(26)13-28-25(21)29-24(19)20;1-16(2,3)13-9-10-14(15-11-13)12-7-5-4-6-8-12;/h4-5,7-13H,1-3H3;4-7,9-11H,1-3H3;/q2*-1;. The summed E-state index contributed by atoms with van der Waals surface area (Å²) in [7, 11) is -1.23. The van der Waals surface area contributed by atoms with Crippen molar-refractivity contribution in [3.63, 3.8) is 0 Å². The fourth-order valence-corrected chi connectivity index (χ4v) is 6.73. The van der Waals surface area contributed by atoms with Crippen LogP contribution in [0, 0.1) is 38.7 Å². The molecule has 0 spiro atoms. The van der Waals surface area contributed by atoms with E-state index in [4.69, 9.17) is 4.42 Å². The fraction of sp³-hybridized carbons (Fsp3) is 0.154. The van der Waals surface area contributed by atoms with Crippen LogP contribution in [0.4, 0.5) is 4.39 Å². The number of halogens is 1. The van der Waals surface area contributed by atoms with Gasteiger partial charge in [-0.1, -0.05) is 66.5 Å². The van der Waals surface area contributed by atoms with Crippen LogP contribution in [-0.4, -0.2) is 23.0 Å². The molecule has 46 heavy (non-hydrogen) atoms. The van der Waals surface area contributed by atoms with Crippen LogP contribution in [0.25, 0.3) is 55.7 Å². The molecule has 3 aromatic carbocycles. The van der Waals surface area contributed by atoms with Crippen LogP contribution < -0.4 is 5.19 Å². The summed E-state index contributed by atoms with van der Waals surface area (Å²) >= 11 is 0. The first-order chi connectivity index (χ1) is 21.6. The molecule has 4 heterocycles. The molecule has 7 rings (SSSR count). The Morgan fingerprint density at radius 1 is 0.739 bits per heavy atom. The van der Waals surface area contributed by atoms with Gasteiger partial charge < -0.3 is 14.4 Å². The van der Waals surface area contributed by atoms with E-state index in [0.29, 0.717) is 16.7 Å². The molecule has 0 unspecified atom stereocenters. The van der Waals surface area contributed by atoms with E-state index in [2.05, 4.69) is 97.8 Å². The van der Waals surface area contributed by atoms with Crippen LogP contribution in [0.2, 0.25) is 19.6 Å². The zero-order valence-corrected chi connectivity index (χ0v) is 30.1. The average molecular weight is 800 g/mol. The van der Waals surface area contributed by atoms with Gasteiger partial charge in [-0.25, -0.2) is 9.37 Å². The van der Waals surface area contributed by atoms with E-state index < -0.39 is 8.07 Å². The van der Waals surface area contributed by atoms with Gasteiger partial charge in [-0.15, -0.1) is 54.1 Å². The van der Waals surface area contributed by atoms with Gasteiger partial charge in [0.25, 0.3) is 0 Å². The van der Waals surface area contributed by atoms with Gasteiger partial charge in [0.2, 0.25) is 5.71 Å². The smallest absolute Gasteiger partial charge is 0.216 e. The number of pyridine rings is 3. The van der Waals surface area contributed by atoms with Crippen molar-refractivity contribution in [2.75, 3.05) is 0 Å². The number of furan rings is 1. The summed E-state index contributed by atoms with van der Waals surface area (Å²) < 4.78 is 19.6. The number of benzene rings is 3. The Morgan fingerprint density at radius 2 is 1.52 bits per heavy atom. The summed E-state index contributed by atoms with van der Waals surface area (Å²) in [6, 6.07) is 32.3. The molecule has 0 bridgehead atoms. The van der Waals surface area contributed by atoms with Gasteiger partial charge in [0.1, 0.15) is 5.82 Å². The Balaban J connectivity index is 0.000000209. The summed E-state index contributed by atoms with van der Waals surface area (Å²) in [6.07, 6.45) is 4.98. The molecule has 0 fully saturated rings. The molecule has 0 aliphatic rings. The normalized spacial score (nSPS) is 11.2. The number of aromatic nitrogens is 3. The van der Waals surface area contributed by atoms with Crippen molar-refractivity contribution in [3.05, 3.63) is 132 Å². The van der Waals surface area contributed by atoms with Gasteiger partial charge in [-0.3, -0.25) is 0 Å². The van der Waals surface area contributed by atoms with Gasteiger partial charge in [0.15, 0.2) is 0 Å². The molecule has 4 nitrogen and oxygen atoms in total. The topological polar surface area (TPSA) is 51.8 Å². The summed E-state index contributed by atoms with van der Waals surface area (Å²) in [5.74, 6) is -0.389. The van der Waals surface area contributed by atoms with Crippen molar-refractivity contribution in [2.45, 2.75) is 40.4 Å². The van der Waals surface area contributed by atoms with Gasteiger partial charge in [-0.2, -0.15) is 0 Å². The number of rotatable bonds is 4. The molecule has 0 saturated carbocycles. The predicted octanol–water partition coefficient (Wildman–Crippen LogP) is 9.67. The van der Waals surface area contributed by atoms with Gasteiger partial charge >= 0.3 is 0 Å². The van der Waals surface area contributed by atoms with E-state index >= 15 is 0 Å². The first-order valence-corrected chi connectivity index (χ1v) is 18.5. The number of hydrogen-bond donors (Lipinski definition) is 0. The van der Waals surface area contributed by atoms with Crippen LogP contribution in [-0.2, 0) is 20.1 Å². The maximum atomic E-state index is 13.7. The molecule has 0 N–H and O–H groups in total. The van der Waals surface area contributed by atoms with Crippen LogP contribution in [0.3, 0.4) is 0 Å². The van der Waals surface area contributed by atoms with Crippen molar-refractivity contribution >= 4 is 35.3 Å². The molecule has 0 amide bonds. The van der Waals surface area contributed by atoms with Crippen molar-refractivity contribution in [1.82, 2.24) is 15.0 Å². The van der Waals surface area contributed by atoms with Gasteiger partial charge in [0, 0.05) is 37.9 Å². The minimum absolute atomic E-state index is 0. The molecular weight excluding hydrogens is 766 g/mol. The largest absolute Gasteiger partial charge is 0.486 e. The second-order valence-corrected chi connectivity index (χ2v) is 17.4. The Bertz CT molecular complexity index is 2120. The molecule has 0 aliphatic carbocycles. The number of aryl methyl sites for hydroxylation is 3. The third-order valence-corrected chi connectivity index (χ3v) is 9.88. The quantitative estimate of drug-likeness (QED) is 0.132. The summed E-state index contributed by atoms with van der Waals surface area (Å²) in [6.45, 7) is 13.4. The number of nitrogens with zero attached hydrogens (tertiary/aromatic N) is 3. The SMILES string of the molecule is C[Si](C)(C)c1ccc(-c2[c-]cccc2)nc1.Cc1cc(C)c(-c2ccnc(-c3[c-]ccc4c3oc3ncc(F)cc34)c2)c(C)c1.[Ir]. The number of fused-ring (bicyclic) bond motifs is 3. The number of hydrogen-bond acceptors (Lipinski definition) is 4. The molecule has 233 valence electrons. The second kappa shape index (κ2) is 13.6. The summed E-state index contributed by atoms with van der Waals surface area (Å²) in [5, 5.41) is 2.85. The Hall–Kier alpha value is -4.29. The van der Waals surface area contributed by atoms with Crippen molar-refractivity contribution in [3.8, 4) is 33.6 Å². The molecule has 0 saturated heterocycles. The molecular formula is C39H34FIrN3OSi-2. The first kappa shape index (κ1) is 33.1. The van der Waals surface area contributed by atoms with Crippen LogP contribution in [0.1, 0.15) is 16.7 Å². The zero-order valence-electron chi connectivity index (χ0n) is 26.7. The molecule has 1 radical (unpaired) electrons. The Labute approximate surface area is 284 Å². The fourth-order valence-electron chi connectivity index (χ4n) is 5.70. The predicted molar refractivity (Wildman–Crippen MR) is 185 cm³/mol. The third-order valence-electron chi connectivity index (χ3n) is 7.85. The maximum Gasteiger partial charge on any atom is 0.216 e. The van der Waals surface area contributed by atoms with Crippen molar-refractivity contribution in [1.29, 1.82) is 0 Å². The van der Waals surface area contributed by atoms with Crippen LogP contribution >= 0.6 is 0 Å². The zero-order chi connectivity index (χ0) is 31.7. The van der Waals surface area contributed by atoms with Gasteiger partial charge in [-0.05, 0) is 71.7 Å². The van der Waals surface area contributed by atoms with Crippen LogP contribution in [0.15, 0.2) is 102 Å². The summed E-state index contributed by atoms with van der Waals surface area (Å²) in [5.41, 5.74) is 10.6. The Morgan fingerprint density at radius 3 is 2.20 bits per heavy atom. The molecule has 4 aromatic heterocycles. The molecule has 0 aliphatic heterocycles. The molecule has 0 atom stereocenters. The maximum absolute atomic E-state index is 13.7. The van der Waals surface area contributed by atoms with Crippen molar-refractivity contribution < 1.29 is 28.9 Å². The summed E-state index contributed by atoms with van der Waals surface area (Å²) in [4.78, 5) is 13.2. The minimum atomic E-state index is -1.23. The third kappa shape index (κ3) is 6.92. The van der Waals surface area contributed by atoms with E-state index in [-0.39, 0.29) is 25.9 Å². The monoisotopic (exact) mass is 800 g/mol.